The summed E-state index contributed by atoms with van der Waals surface area (Å²) in [4.78, 5) is 22.2. The first-order valence-electron chi connectivity index (χ1n) is 4.98. The van der Waals surface area contributed by atoms with E-state index < -0.39 is 17.5 Å². The highest BCUT2D eigenvalue weighted by molar-refractivity contribution is 6.31. The minimum Gasteiger partial charge on any atom is -0.465 e. The van der Waals surface area contributed by atoms with Crippen molar-refractivity contribution < 1.29 is 19.4 Å². The number of ketones is 1. The van der Waals surface area contributed by atoms with Crippen LogP contribution in [0.2, 0.25) is 0 Å². The molecule has 1 N–H and O–H groups in total. The maximum atomic E-state index is 11.2. The molecule has 17 heavy (non-hydrogen) atoms. The third-order valence-corrected chi connectivity index (χ3v) is 2.88. The molecule has 5 heteroatoms. The van der Waals surface area contributed by atoms with Gasteiger partial charge in [-0.2, -0.15) is 0 Å². The summed E-state index contributed by atoms with van der Waals surface area (Å²) in [5, 5.41) is 8.79. The Hall–Kier alpha value is -1.39. The molecule has 0 saturated carbocycles. The number of esters is 1. The van der Waals surface area contributed by atoms with Gasteiger partial charge in [-0.05, 0) is 24.6 Å². The fourth-order valence-electron chi connectivity index (χ4n) is 1.33. The topological polar surface area (TPSA) is 63.6 Å². The summed E-state index contributed by atoms with van der Waals surface area (Å²) in [5.74, 6) is -0.767. The van der Waals surface area contributed by atoms with Crippen molar-refractivity contribution in [3.8, 4) is 0 Å². The Balaban J connectivity index is 2.87. The SMILES string of the molecule is COC(=O)c1ccc([C@H](O)[C@H](Cl)C(C)=O)cc1. The highest BCUT2D eigenvalue weighted by Crippen LogP contribution is 2.22. The molecule has 0 amide bonds. The first kappa shape index (κ1) is 13.7. The average molecular weight is 257 g/mol. The zero-order chi connectivity index (χ0) is 13.0. The molecule has 2 atom stereocenters. The number of hydrogen-bond acceptors (Lipinski definition) is 4. The van der Waals surface area contributed by atoms with E-state index in [0.29, 0.717) is 11.1 Å². The highest BCUT2D eigenvalue weighted by atomic mass is 35.5. The van der Waals surface area contributed by atoms with Crippen molar-refractivity contribution in [1.29, 1.82) is 0 Å². The van der Waals surface area contributed by atoms with E-state index in [4.69, 9.17) is 11.6 Å². The van der Waals surface area contributed by atoms with Gasteiger partial charge in [-0.1, -0.05) is 12.1 Å². The van der Waals surface area contributed by atoms with E-state index in [1.54, 1.807) is 0 Å². The monoisotopic (exact) mass is 256 g/mol. The lowest BCUT2D eigenvalue weighted by Gasteiger charge is -2.14. The van der Waals surface area contributed by atoms with Gasteiger partial charge >= 0.3 is 5.97 Å². The van der Waals surface area contributed by atoms with Crippen molar-refractivity contribution in [2.45, 2.75) is 18.4 Å². The fourth-order valence-corrected chi connectivity index (χ4v) is 1.47. The molecule has 1 aromatic rings. The van der Waals surface area contributed by atoms with Gasteiger partial charge in [0.15, 0.2) is 5.78 Å². The molecule has 92 valence electrons. The van der Waals surface area contributed by atoms with Crippen molar-refractivity contribution in [2.24, 2.45) is 0 Å². The summed E-state index contributed by atoms with van der Waals surface area (Å²) in [7, 11) is 1.29. The molecule has 1 rings (SSSR count). The van der Waals surface area contributed by atoms with Gasteiger partial charge in [-0.3, -0.25) is 4.79 Å². The Bertz CT molecular complexity index is 413. The molecular weight excluding hydrogens is 244 g/mol. The third kappa shape index (κ3) is 3.28. The lowest BCUT2D eigenvalue weighted by molar-refractivity contribution is -0.118. The summed E-state index contributed by atoms with van der Waals surface area (Å²) in [6, 6.07) is 6.09. The number of rotatable bonds is 4. The van der Waals surface area contributed by atoms with Crippen LogP contribution in [-0.2, 0) is 9.53 Å². The van der Waals surface area contributed by atoms with E-state index in [2.05, 4.69) is 4.74 Å². The van der Waals surface area contributed by atoms with E-state index in [0.717, 1.165) is 0 Å². The molecule has 0 radical (unpaired) electrons. The maximum absolute atomic E-state index is 11.2. The van der Waals surface area contributed by atoms with E-state index in [1.807, 2.05) is 0 Å². The number of aliphatic hydroxyl groups is 1. The first-order chi connectivity index (χ1) is 7.97. The van der Waals surface area contributed by atoms with Crippen LogP contribution >= 0.6 is 11.6 Å². The molecule has 0 spiro atoms. The molecular formula is C12H13ClO4. The molecule has 0 unspecified atom stereocenters. The van der Waals surface area contributed by atoms with Crippen molar-refractivity contribution in [1.82, 2.24) is 0 Å². The van der Waals surface area contributed by atoms with Gasteiger partial charge in [-0.25, -0.2) is 4.79 Å². The van der Waals surface area contributed by atoms with Gasteiger partial charge in [0.2, 0.25) is 0 Å². The van der Waals surface area contributed by atoms with Crippen molar-refractivity contribution in [3.63, 3.8) is 0 Å². The van der Waals surface area contributed by atoms with Crippen molar-refractivity contribution in [2.75, 3.05) is 7.11 Å². The van der Waals surface area contributed by atoms with Gasteiger partial charge in [0.25, 0.3) is 0 Å². The van der Waals surface area contributed by atoms with Crippen LogP contribution < -0.4 is 0 Å². The minimum atomic E-state index is -1.08. The Morgan fingerprint density at radius 2 is 1.82 bits per heavy atom. The lowest BCUT2D eigenvalue weighted by Crippen LogP contribution is -2.20. The van der Waals surface area contributed by atoms with E-state index in [-0.39, 0.29) is 5.78 Å². The number of Topliss-reactive ketones (excluding diaryl/α,β-unsaturated/α-hetero) is 1. The van der Waals surface area contributed by atoms with E-state index >= 15 is 0 Å². The van der Waals surface area contributed by atoms with Crippen LogP contribution in [-0.4, -0.2) is 29.3 Å². The Morgan fingerprint density at radius 3 is 2.24 bits per heavy atom. The van der Waals surface area contributed by atoms with Crippen LogP contribution in [0.5, 0.6) is 0 Å². The Morgan fingerprint density at radius 1 is 1.29 bits per heavy atom. The number of aliphatic hydroxyl groups excluding tert-OH is 1. The summed E-state index contributed by atoms with van der Waals surface area (Å²) >= 11 is 5.74. The number of carbonyl (C=O) groups excluding carboxylic acids is 2. The molecule has 0 heterocycles. The third-order valence-electron chi connectivity index (χ3n) is 2.34. The normalized spacial score (nSPS) is 13.9. The summed E-state index contributed by atoms with van der Waals surface area (Å²) < 4.78 is 4.54. The summed E-state index contributed by atoms with van der Waals surface area (Å²) in [6.07, 6.45) is -1.08. The quantitative estimate of drug-likeness (QED) is 0.658. The van der Waals surface area contributed by atoms with Gasteiger partial charge in [0.05, 0.1) is 12.7 Å². The van der Waals surface area contributed by atoms with Crippen molar-refractivity contribution in [3.05, 3.63) is 35.4 Å². The zero-order valence-corrected chi connectivity index (χ0v) is 10.3. The second kappa shape index (κ2) is 5.80. The predicted molar refractivity (Wildman–Crippen MR) is 63.1 cm³/mol. The number of methoxy groups -OCH3 is 1. The molecule has 0 aliphatic carbocycles. The second-order valence-corrected chi connectivity index (χ2v) is 4.04. The van der Waals surface area contributed by atoms with Gasteiger partial charge < -0.3 is 9.84 Å². The molecule has 0 aliphatic heterocycles. The van der Waals surface area contributed by atoms with Crippen LogP contribution in [0.15, 0.2) is 24.3 Å². The Labute approximate surface area is 104 Å². The molecule has 0 aliphatic rings. The summed E-state index contributed by atoms with van der Waals surface area (Å²) in [6.45, 7) is 1.31. The smallest absolute Gasteiger partial charge is 0.337 e. The zero-order valence-electron chi connectivity index (χ0n) is 9.51. The van der Waals surface area contributed by atoms with E-state index in [9.17, 15) is 14.7 Å². The molecule has 0 aromatic heterocycles. The first-order valence-corrected chi connectivity index (χ1v) is 5.42. The fraction of sp³-hybridized carbons (Fsp3) is 0.333. The highest BCUT2D eigenvalue weighted by Gasteiger charge is 2.22. The standard InChI is InChI=1S/C12H13ClO4/c1-7(14)10(13)11(15)8-3-5-9(6-4-8)12(16)17-2/h3-6,10-11,15H,1-2H3/t10-,11+/m1/s1. The maximum Gasteiger partial charge on any atom is 0.337 e. The number of carbonyl (C=O) groups is 2. The molecule has 4 nitrogen and oxygen atoms in total. The molecule has 0 bridgehead atoms. The summed E-state index contributed by atoms with van der Waals surface area (Å²) in [5.41, 5.74) is 0.852. The van der Waals surface area contributed by atoms with Gasteiger partial charge in [0, 0.05) is 0 Å². The van der Waals surface area contributed by atoms with Crippen LogP contribution in [0.4, 0.5) is 0 Å². The van der Waals surface area contributed by atoms with Crippen LogP contribution in [0.1, 0.15) is 28.9 Å². The second-order valence-electron chi connectivity index (χ2n) is 3.57. The lowest BCUT2D eigenvalue weighted by atomic mass is 10.0. The Kier molecular flexibility index (Phi) is 4.66. The van der Waals surface area contributed by atoms with Crippen LogP contribution in [0.3, 0.4) is 0 Å². The van der Waals surface area contributed by atoms with Gasteiger partial charge in [0.1, 0.15) is 11.5 Å². The van der Waals surface area contributed by atoms with E-state index in [1.165, 1.54) is 38.3 Å². The molecule has 1 aromatic carbocycles. The van der Waals surface area contributed by atoms with Crippen LogP contribution in [0.25, 0.3) is 0 Å². The van der Waals surface area contributed by atoms with Crippen molar-refractivity contribution >= 4 is 23.4 Å². The molecule has 0 fully saturated rings. The minimum absolute atomic E-state index is 0.309. The predicted octanol–water partition coefficient (Wildman–Crippen LogP) is 1.70. The largest absolute Gasteiger partial charge is 0.465 e. The average Bonchev–Trinajstić information content (AvgIpc) is 2.36. The molecule has 0 saturated heterocycles. The number of ether oxygens (including phenoxy) is 1. The van der Waals surface area contributed by atoms with Gasteiger partial charge in [-0.15, -0.1) is 11.6 Å². The number of alkyl halides is 1. The number of benzene rings is 1. The van der Waals surface area contributed by atoms with Crippen LogP contribution in [0, 0.1) is 0 Å². The number of hydrogen-bond donors (Lipinski definition) is 1. The number of halogens is 1.